The van der Waals surface area contributed by atoms with Crippen LogP contribution in [0.3, 0.4) is 0 Å². The third-order valence-electron chi connectivity index (χ3n) is 5.63. The molecule has 134 valence electrons. The molecule has 1 amide bonds. The molecular formula is C20H23N5O. The number of nitriles is 1. The Kier molecular flexibility index (Phi) is 4.70. The molecule has 26 heavy (non-hydrogen) atoms. The summed E-state index contributed by atoms with van der Waals surface area (Å²) in [6.07, 6.45) is 11.5. The van der Waals surface area contributed by atoms with Gasteiger partial charge in [0.05, 0.1) is 5.56 Å². The van der Waals surface area contributed by atoms with Gasteiger partial charge in [0.2, 0.25) is 0 Å². The predicted molar refractivity (Wildman–Crippen MR) is 96.4 cm³/mol. The Morgan fingerprint density at radius 3 is 2.81 bits per heavy atom. The third-order valence-corrected chi connectivity index (χ3v) is 5.63. The molecule has 0 radical (unpaired) electrons. The van der Waals surface area contributed by atoms with Crippen LogP contribution in [0.25, 0.3) is 0 Å². The van der Waals surface area contributed by atoms with Crippen LogP contribution in [0.5, 0.6) is 0 Å². The van der Waals surface area contributed by atoms with E-state index < -0.39 is 0 Å². The summed E-state index contributed by atoms with van der Waals surface area (Å²) in [7, 11) is 0. The molecule has 0 spiro atoms. The second-order valence-electron chi connectivity index (χ2n) is 7.37. The molecule has 1 aliphatic carbocycles. The van der Waals surface area contributed by atoms with Gasteiger partial charge in [-0.3, -0.25) is 4.79 Å². The Balaban J connectivity index is 1.46. The minimum absolute atomic E-state index is 0.0104. The van der Waals surface area contributed by atoms with E-state index in [0.717, 1.165) is 37.7 Å². The van der Waals surface area contributed by atoms with Crippen molar-refractivity contribution >= 4 is 5.91 Å². The summed E-state index contributed by atoms with van der Waals surface area (Å²) < 4.78 is 2.30. The van der Waals surface area contributed by atoms with E-state index in [1.54, 1.807) is 12.1 Å². The fourth-order valence-corrected chi connectivity index (χ4v) is 3.93. The van der Waals surface area contributed by atoms with Crippen LogP contribution in [0.15, 0.2) is 30.7 Å². The van der Waals surface area contributed by atoms with Crippen molar-refractivity contribution in [2.45, 2.75) is 44.6 Å². The molecular weight excluding hydrogens is 326 g/mol. The monoisotopic (exact) mass is 349 g/mol. The van der Waals surface area contributed by atoms with E-state index in [4.69, 9.17) is 5.26 Å². The third kappa shape index (κ3) is 3.34. The van der Waals surface area contributed by atoms with E-state index in [1.165, 1.54) is 25.5 Å². The number of hydrogen-bond donors (Lipinski definition) is 0. The number of rotatable bonds is 4. The summed E-state index contributed by atoms with van der Waals surface area (Å²) in [6.45, 7) is 2.51. The standard InChI is InChI=1S/C20H23N5O/c21-11-18-7-6-16(12-23-18)20(26)25-9-2-5-17(14-25)19-22-8-10-24(19)13-15-3-1-4-15/h6-8,10,12,15,17H,1-5,9,13-14H2/t17-/m1/s1. The summed E-state index contributed by atoms with van der Waals surface area (Å²) >= 11 is 0. The lowest BCUT2D eigenvalue weighted by atomic mass is 9.85. The van der Waals surface area contributed by atoms with Crippen molar-refractivity contribution in [3.63, 3.8) is 0 Å². The van der Waals surface area contributed by atoms with Gasteiger partial charge in [-0.15, -0.1) is 0 Å². The van der Waals surface area contributed by atoms with Gasteiger partial charge in [-0.1, -0.05) is 6.42 Å². The molecule has 0 unspecified atom stereocenters. The quantitative estimate of drug-likeness (QED) is 0.850. The Bertz CT molecular complexity index is 815. The first-order chi connectivity index (χ1) is 12.7. The molecule has 0 N–H and O–H groups in total. The first-order valence-electron chi connectivity index (χ1n) is 9.41. The van der Waals surface area contributed by atoms with Crippen LogP contribution >= 0.6 is 0 Å². The minimum Gasteiger partial charge on any atom is -0.338 e. The van der Waals surface area contributed by atoms with Gasteiger partial charge in [-0.25, -0.2) is 9.97 Å². The average Bonchev–Trinajstić information content (AvgIpc) is 3.13. The maximum atomic E-state index is 12.8. The van der Waals surface area contributed by atoms with Crippen LogP contribution < -0.4 is 0 Å². The molecule has 0 bridgehead atoms. The highest BCUT2D eigenvalue weighted by atomic mass is 16.2. The summed E-state index contributed by atoms with van der Waals surface area (Å²) in [4.78, 5) is 23.3. The normalized spacial score (nSPS) is 20.4. The second kappa shape index (κ2) is 7.28. The topological polar surface area (TPSA) is 74.8 Å². The Morgan fingerprint density at radius 1 is 1.23 bits per heavy atom. The SMILES string of the molecule is N#Cc1ccc(C(=O)N2CCC[C@@H](c3nccn3CC3CCC3)C2)cn1. The number of amides is 1. The van der Waals surface area contributed by atoms with E-state index in [2.05, 4.69) is 20.7 Å². The van der Waals surface area contributed by atoms with Gasteiger partial charge in [0.25, 0.3) is 5.91 Å². The molecule has 1 atom stereocenters. The van der Waals surface area contributed by atoms with Crippen LogP contribution in [0.4, 0.5) is 0 Å². The summed E-state index contributed by atoms with van der Waals surface area (Å²) in [6, 6.07) is 5.27. The molecule has 2 aliphatic rings. The highest BCUT2D eigenvalue weighted by Gasteiger charge is 2.29. The number of carbonyl (C=O) groups is 1. The van der Waals surface area contributed by atoms with Crippen LogP contribution in [0.1, 0.15) is 59.9 Å². The van der Waals surface area contributed by atoms with Crippen molar-refractivity contribution in [1.29, 1.82) is 5.26 Å². The highest BCUT2D eigenvalue weighted by Crippen LogP contribution is 2.31. The van der Waals surface area contributed by atoms with E-state index in [-0.39, 0.29) is 11.8 Å². The molecule has 1 saturated carbocycles. The fraction of sp³-hybridized carbons (Fsp3) is 0.500. The van der Waals surface area contributed by atoms with Crippen LogP contribution in [-0.4, -0.2) is 38.4 Å². The fourth-order valence-electron chi connectivity index (χ4n) is 3.93. The Labute approximate surface area is 153 Å². The predicted octanol–water partition coefficient (Wildman–Crippen LogP) is 2.97. The number of piperidine rings is 1. The van der Waals surface area contributed by atoms with E-state index >= 15 is 0 Å². The first-order valence-corrected chi connectivity index (χ1v) is 9.41. The van der Waals surface area contributed by atoms with E-state index in [0.29, 0.717) is 17.8 Å². The van der Waals surface area contributed by atoms with Gasteiger partial charge in [0, 0.05) is 44.1 Å². The molecule has 4 rings (SSSR count). The number of likely N-dealkylation sites (tertiary alicyclic amines) is 1. The van der Waals surface area contributed by atoms with Crippen LogP contribution in [0.2, 0.25) is 0 Å². The van der Waals surface area contributed by atoms with Gasteiger partial charge in [0.1, 0.15) is 17.6 Å². The lowest BCUT2D eigenvalue weighted by molar-refractivity contribution is 0.0702. The minimum atomic E-state index is -0.0104. The largest absolute Gasteiger partial charge is 0.338 e. The molecule has 2 aromatic rings. The lowest BCUT2D eigenvalue weighted by Crippen LogP contribution is -2.40. The van der Waals surface area contributed by atoms with Gasteiger partial charge >= 0.3 is 0 Å². The summed E-state index contributed by atoms with van der Waals surface area (Å²) in [5.74, 6) is 2.18. The van der Waals surface area contributed by atoms with Crippen LogP contribution in [-0.2, 0) is 6.54 Å². The summed E-state index contributed by atoms with van der Waals surface area (Å²) in [5.41, 5.74) is 0.874. The van der Waals surface area contributed by atoms with Gasteiger partial charge in [-0.05, 0) is 43.7 Å². The zero-order valence-corrected chi connectivity index (χ0v) is 14.8. The van der Waals surface area contributed by atoms with Gasteiger partial charge < -0.3 is 9.47 Å². The number of nitrogens with zero attached hydrogens (tertiary/aromatic N) is 5. The van der Waals surface area contributed by atoms with Crippen molar-refractivity contribution < 1.29 is 4.79 Å². The van der Waals surface area contributed by atoms with E-state index in [1.807, 2.05) is 17.2 Å². The van der Waals surface area contributed by atoms with Crippen molar-refractivity contribution in [3.8, 4) is 6.07 Å². The Morgan fingerprint density at radius 2 is 2.12 bits per heavy atom. The molecule has 1 saturated heterocycles. The zero-order chi connectivity index (χ0) is 17.9. The molecule has 6 heteroatoms. The van der Waals surface area contributed by atoms with Gasteiger partial charge in [0.15, 0.2) is 0 Å². The maximum Gasteiger partial charge on any atom is 0.255 e. The Hall–Kier alpha value is -2.68. The van der Waals surface area contributed by atoms with Crippen LogP contribution in [0, 0.1) is 17.2 Å². The number of carbonyl (C=O) groups excluding carboxylic acids is 1. The molecule has 2 fully saturated rings. The number of hydrogen-bond acceptors (Lipinski definition) is 4. The zero-order valence-electron chi connectivity index (χ0n) is 14.8. The highest BCUT2D eigenvalue weighted by molar-refractivity contribution is 5.94. The first kappa shape index (κ1) is 16.8. The lowest BCUT2D eigenvalue weighted by Gasteiger charge is -2.33. The summed E-state index contributed by atoms with van der Waals surface area (Å²) in [5, 5.41) is 8.85. The average molecular weight is 349 g/mol. The van der Waals surface area contributed by atoms with Crippen molar-refractivity contribution in [2.75, 3.05) is 13.1 Å². The molecule has 6 nitrogen and oxygen atoms in total. The second-order valence-corrected chi connectivity index (χ2v) is 7.37. The van der Waals surface area contributed by atoms with Crippen molar-refractivity contribution in [1.82, 2.24) is 19.4 Å². The number of imidazole rings is 1. The molecule has 3 heterocycles. The van der Waals surface area contributed by atoms with E-state index in [9.17, 15) is 4.79 Å². The smallest absolute Gasteiger partial charge is 0.255 e. The van der Waals surface area contributed by atoms with Crippen molar-refractivity contribution in [3.05, 3.63) is 47.8 Å². The maximum absolute atomic E-state index is 12.8. The molecule has 0 aromatic carbocycles. The number of aromatic nitrogens is 3. The van der Waals surface area contributed by atoms with Gasteiger partial charge in [-0.2, -0.15) is 5.26 Å². The van der Waals surface area contributed by atoms with Crippen molar-refractivity contribution in [2.24, 2.45) is 5.92 Å². The molecule has 1 aliphatic heterocycles. The molecule has 2 aromatic heterocycles. The number of pyridine rings is 1.